The largest absolute Gasteiger partial charge is 0.481 e. The van der Waals surface area contributed by atoms with Gasteiger partial charge in [-0.25, -0.2) is 0 Å². The lowest BCUT2D eigenvalue weighted by Gasteiger charge is -2.42. The van der Waals surface area contributed by atoms with Crippen LogP contribution >= 0.6 is 0 Å². The van der Waals surface area contributed by atoms with Crippen LogP contribution in [0.25, 0.3) is 0 Å². The summed E-state index contributed by atoms with van der Waals surface area (Å²) in [6, 6.07) is 31.6. The van der Waals surface area contributed by atoms with Crippen LogP contribution < -0.4 is 5.32 Å². The average molecular weight is 386 g/mol. The minimum absolute atomic E-state index is 0.130. The van der Waals surface area contributed by atoms with Crippen molar-refractivity contribution >= 4 is 5.97 Å². The van der Waals surface area contributed by atoms with Gasteiger partial charge in [0.25, 0.3) is 0 Å². The van der Waals surface area contributed by atoms with Crippen LogP contribution in [-0.4, -0.2) is 17.1 Å². The van der Waals surface area contributed by atoms with Crippen LogP contribution in [0.5, 0.6) is 0 Å². The number of benzene rings is 3. The van der Waals surface area contributed by atoms with Crippen LogP contribution in [0.3, 0.4) is 0 Å². The molecule has 1 fully saturated rings. The monoisotopic (exact) mass is 385 g/mol. The quantitative estimate of drug-likeness (QED) is 0.573. The lowest BCUT2D eigenvalue weighted by molar-refractivity contribution is -0.143. The van der Waals surface area contributed by atoms with Crippen LogP contribution in [0.15, 0.2) is 91.0 Å². The second kappa shape index (κ2) is 8.62. The molecule has 0 saturated heterocycles. The Labute approximate surface area is 172 Å². The van der Waals surface area contributed by atoms with E-state index < -0.39 is 11.5 Å². The first-order valence-electron chi connectivity index (χ1n) is 10.4. The van der Waals surface area contributed by atoms with Crippen molar-refractivity contribution in [3.05, 3.63) is 108 Å². The highest BCUT2D eigenvalue weighted by Crippen LogP contribution is 2.39. The molecule has 3 aromatic rings. The van der Waals surface area contributed by atoms with Gasteiger partial charge >= 0.3 is 5.97 Å². The molecular weight excluding hydrogens is 358 g/mol. The van der Waals surface area contributed by atoms with Gasteiger partial charge in [0.2, 0.25) is 0 Å². The third-order valence-corrected chi connectivity index (χ3v) is 6.06. The first-order chi connectivity index (χ1) is 14.2. The standard InChI is InChI=1S/C26H27NO2/c28-25(29)20-11-10-18-24(19-20)27-26(21-12-4-1-5-13-21,22-14-6-2-7-15-22)23-16-8-3-9-17-23/h1-9,12-17,20,24,27H,10-11,18-19H2,(H,28,29)/t20-,24+/m0/s1. The highest BCUT2D eigenvalue weighted by molar-refractivity contribution is 5.70. The van der Waals surface area contributed by atoms with Crippen LogP contribution in [0.2, 0.25) is 0 Å². The molecule has 2 N–H and O–H groups in total. The summed E-state index contributed by atoms with van der Waals surface area (Å²) in [4.78, 5) is 11.6. The highest BCUT2D eigenvalue weighted by atomic mass is 16.4. The van der Waals surface area contributed by atoms with Gasteiger partial charge in [-0.05, 0) is 36.0 Å². The van der Waals surface area contributed by atoms with Crippen molar-refractivity contribution < 1.29 is 9.90 Å². The molecule has 0 aromatic heterocycles. The topological polar surface area (TPSA) is 49.3 Å². The Kier molecular flexibility index (Phi) is 5.77. The van der Waals surface area contributed by atoms with Gasteiger partial charge in [0.05, 0.1) is 11.5 Å². The zero-order valence-corrected chi connectivity index (χ0v) is 16.5. The maximum atomic E-state index is 11.6. The number of rotatable bonds is 6. The fourth-order valence-electron chi connectivity index (χ4n) is 4.67. The number of carbonyl (C=O) groups is 1. The van der Waals surface area contributed by atoms with Crippen molar-refractivity contribution in [1.29, 1.82) is 0 Å². The van der Waals surface area contributed by atoms with Gasteiger partial charge in [-0.2, -0.15) is 0 Å². The summed E-state index contributed by atoms with van der Waals surface area (Å²) in [5.74, 6) is -0.956. The molecule has 2 atom stereocenters. The van der Waals surface area contributed by atoms with Crippen LogP contribution in [0.4, 0.5) is 0 Å². The summed E-state index contributed by atoms with van der Waals surface area (Å²) in [5.41, 5.74) is 2.95. The third-order valence-electron chi connectivity index (χ3n) is 6.06. The maximum absolute atomic E-state index is 11.6. The second-order valence-electron chi connectivity index (χ2n) is 7.89. The van der Waals surface area contributed by atoms with E-state index in [1.54, 1.807) is 0 Å². The van der Waals surface area contributed by atoms with Gasteiger partial charge in [0.1, 0.15) is 0 Å². The number of nitrogens with one attached hydrogen (secondary N) is 1. The van der Waals surface area contributed by atoms with Crippen molar-refractivity contribution in [1.82, 2.24) is 5.32 Å². The van der Waals surface area contributed by atoms with E-state index in [0.29, 0.717) is 6.42 Å². The van der Waals surface area contributed by atoms with E-state index in [1.165, 1.54) is 0 Å². The Morgan fingerprint density at radius 1 is 0.759 bits per heavy atom. The molecule has 3 nitrogen and oxygen atoms in total. The minimum atomic E-state index is -0.679. The van der Waals surface area contributed by atoms with Crippen molar-refractivity contribution in [2.45, 2.75) is 37.3 Å². The Morgan fingerprint density at radius 2 is 1.21 bits per heavy atom. The Hall–Kier alpha value is -2.91. The van der Waals surface area contributed by atoms with E-state index in [4.69, 9.17) is 0 Å². The molecule has 0 radical (unpaired) electrons. The first-order valence-corrected chi connectivity index (χ1v) is 10.4. The summed E-state index contributed by atoms with van der Waals surface area (Å²) >= 11 is 0. The fraction of sp³-hybridized carbons (Fsp3) is 0.269. The smallest absolute Gasteiger partial charge is 0.306 e. The molecule has 1 saturated carbocycles. The average Bonchev–Trinajstić information content (AvgIpc) is 2.79. The summed E-state index contributed by atoms with van der Waals surface area (Å²) in [7, 11) is 0. The maximum Gasteiger partial charge on any atom is 0.306 e. The molecular formula is C26H27NO2. The van der Waals surface area contributed by atoms with Gasteiger partial charge in [-0.15, -0.1) is 0 Å². The van der Waals surface area contributed by atoms with E-state index in [9.17, 15) is 9.90 Å². The van der Waals surface area contributed by atoms with Gasteiger partial charge < -0.3 is 5.11 Å². The summed E-state index contributed by atoms with van der Waals surface area (Å²) < 4.78 is 0. The van der Waals surface area contributed by atoms with E-state index in [2.05, 4.69) is 78.1 Å². The Morgan fingerprint density at radius 3 is 1.62 bits per heavy atom. The fourth-order valence-corrected chi connectivity index (χ4v) is 4.67. The number of hydrogen-bond donors (Lipinski definition) is 2. The van der Waals surface area contributed by atoms with E-state index >= 15 is 0 Å². The van der Waals surface area contributed by atoms with Gasteiger partial charge in [0.15, 0.2) is 0 Å². The van der Waals surface area contributed by atoms with Crippen molar-refractivity contribution in [3.63, 3.8) is 0 Å². The molecule has 4 rings (SSSR count). The lowest BCUT2D eigenvalue weighted by Crippen LogP contribution is -2.51. The second-order valence-corrected chi connectivity index (χ2v) is 7.89. The summed E-state index contributed by atoms with van der Waals surface area (Å²) in [6.45, 7) is 0. The van der Waals surface area contributed by atoms with Gasteiger partial charge in [0, 0.05) is 6.04 Å². The summed E-state index contributed by atoms with van der Waals surface area (Å²) in [5, 5.41) is 13.5. The zero-order valence-electron chi connectivity index (χ0n) is 16.5. The molecule has 0 bridgehead atoms. The molecule has 0 heterocycles. The molecule has 0 aliphatic heterocycles. The number of carboxylic acids is 1. The van der Waals surface area contributed by atoms with Crippen molar-refractivity contribution in [3.8, 4) is 0 Å². The minimum Gasteiger partial charge on any atom is -0.481 e. The molecule has 0 spiro atoms. The Bertz CT molecular complexity index is 828. The molecule has 3 heteroatoms. The van der Waals surface area contributed by atoms with Crippen molar-refractivity contribution in [2.75, 3.05) is 0 Å². The molecule has 1 aliphatic rings. The predicted octanol–water partition coefficient (Wildman–Crippen LogP) is 5.21. The normalized spacial score (nSPS) is 19.6. The number of hydrogen-bond acceptors (Lipinski definition) is 2. The predicted molar refractivity (Wildman–Crippen MR) is 116 cm³/mol. The molecule has 148 valence electrons. The third kappa shape index (κ3) is 3.96. The number of carboxylic acid groups (broad SMARTS) is 1. The molecule has 29 heavy (non-hydrogen) atoms. The molecule has 0 amide bonds. The zero-order chi connectivity index (χ0) is 20.1. The van der Waals surface area contributed by atoms with E-state index in [1.807, 2.05) is 18.2 Å². The van der Waals surface area contributed by atoms with Crippen molar-refractivity contribution in [2.24, 2.45) is 5.92 Å². The summed E-state index contributed by atoms with van der Waals surface area (Å²) in [6.07, 6.45) is 3.34. The number of aliphatic carboxylic acids is 1. The molecule has 3 aromatic carbocycles. The van der Waals surface area contributed by atoms with E-state index in [-0.39, 0.29) is 12.0 Å². The highest BCUT2D eigenvalue weighted by Gasteiger charge is 2.39. The van der Waals surface area contributed by atoms with Gasteiger partial charge in [-0.1, -0.05) is 97.4 Å². The van der Waals surface area contributed by atoms with E-state index in [0.717, 1.165) is 36.0 Å². The van der Waals surface area contributed by atoms with Gasteiger partial charge in [-0.3, -0.25) is 10.1 Å². The SMILES string of the molecule is O=C(O)[C@H]1CCC[C@@H](NC(c2ccccc2)(c2ccccc2)c2ccccc2)C1. The molecule has 1 aliphatic carbocycles. The lowest BCUT2D eigenvalue weighted by atomic mass is 9.75. The van der Waals surface area contributed by atoms with Crippen LogP contribution in [-0.2, 0) is 10.3 Å². The van der Waals surface area contributed by atoms with Crippen LogP contribution in [0.1, 0.15) is 42.4 Å². The molecule has 0 unspecified atom stereocenters. The Balaban J connectivity index is 1.85. The van der Waals surface area contributed by atoms with Crippen LogP contribution in [0, 0.1) is 5.92 Å². The first kappa shape index (κ1) is 19.4.